The number of carbonyl (C=O) groups is 1. The summed E-state index contributed by atoms with van der Waals surface area (Å²) < 4.78 is 7.15. The van der Waals surface area contributed by atoms with E-state index in [1.807, 2.05) is 62.4 Å². The first-order valence-electron chi connectivity index (χ1n) is 9.60. The van der Waals surface area contributed by atoms with Crippen molar-refractivity contribution in [3.05, 3.63) is 82.1 Å². The fourth-order valence-corrected chi connectivity index (χ4v) is 2.90. The van der Waals surface area contributed by atoms with Crippen molar-refractivity contribution in [3.63, 3.8) is 0 Å². The van der Waals surface area contributed by atoms with Gasteiger partial charge in [0.15, 0.2) is 6.10 Å². The Hall–Kier alpha value is -3.41. The molecule has 0 saturated heterocycles. The standard InChI is InChI=1S/C23H25N3O3/c1-16-8-7-11-21(17(16)2)29-18(3)23(28)24-14-15-26-22(27)13-12-20(25-26)19-9-5-4-6-10-19/h4-13,18H,14-15H2,1-3H3,(H,24,28). The predicted molar refractivity (Wildman–Crippen MR) is 113 cm³/mol. The number of carbonyl (C=O) groups excluding carboxylic acids is 1. The van der Waals surface area contributed by atoms with Crippen LogP contribution in [0.15, 0.2) is 65.5 Å². The molecule has 1 aromatic heterocycles. The fourth-order valence-electron chi connectivity index (χ4n) is 2.90. The van der Waals surface area contributed by atoms with Crippen LogP contribution in [0, 0.1) is 13.8 Å². The molecule has 3 aromatic rings. The summed E-state index contributed by atoms with van der Waals surface area (Å²) in [5.74, 6) is 0.458. The van der Waals surface area contributed by atoms with Crippen molar-refractivity contribution in [1.82, 2.24) is 15.1 Å². The molecule has 0 saturated carbocycles. The Morgan fingerprint density at radius 2 is 1.83 bits per heavy atom. The lowest BCUT2D eigenvalue weighted by Crippen LogP contribution is -2.39. The Labute approximate surface area is 170 Å². The molecule has 0 bridgehead atoms. The Morgan fingerprint density at radius 3 is 2.59 bits per heavy atom. The van der Waals surface area contributed by atoms with Gasteiger partial charge in [0.05, 0.1) is 12.2 Å². The van der Waals surface area contributed by atoms with Crippen LogP contribution in [-0.4, -0.2) is 28.3 Å². The van der Waals surface area contributed by atoms with Gasteiger partial charge in [0.1, 0.15) is 5.75 Å². The van der Waals surface area contributed by atoms with E-state index in [0.29, 0.717) is 11.4 Å². The molecule has 1 N–H and O–H groups in total. The fraction of sp³-hybridized carbons (Fsp3) is 0.261. The molecule has 6 heteroatoms. The van der Waals surface area contributed by atoms with Gasteiger partial charge in [-0.3, -0.25) is 9.59 Å². The molecule has 150 valence electrons. The molecule has 3 rings (SSSR count). The third kappa shape index (κ3) is 5.10. The molecule has 0 aliphatic rings. The number of rotatable bonds is 7. The van der Waals surface area contributed by atoms with E-state index in [1.54, 1.807) is 13.0 Å². The van der Waals surface area contributed by atoms with Crippen molar-refractivity contribution in [2.24, 2.45) is 0 Å². The van der Waals surface area contributed by atoms with Gasteiger partial charge in [0.2, 0.25) is 0 Å². The number of hydrogen-bond donors (Lipinski definition) is 1. The summed E-state index contributed by atoms with van der Waals surface area (Å²) in [6.07, 6.45) is -0.643. The molecule has 1 unspecified atom stereocenters. The Bertz CT molecular complexity index is 1040. The average molecular weight is 391 g/mol. The number of amides is 1. The number of benzene rings is 2. The van der Waals surface area contributed by atoms with Gasteiger partial charge in [-0.05, 0) is 44.0 Å². The zero-order chi connectivity index (χ0) is 20.8. The third-order valence-electron chi connectivity index (χ3n) is 4.79. The number of aryl methyl sites for hydroxylation is 1. The molecular formula is C23H25N3O3. The summed E-state index contributed by atoms with van der Waals surface area (Å²) in [6, 6.07) is 18.6. The number of hydrogen-bond acceptors (Lipinski definition) is 4. The van der Waals surface area contributed by atoms with Crippen molar-refractivity contribution in [3.8, 4) is 17.0 Å². The first kappa shape index (κ1) is 20.3. The highest BCUT2D eigenvalue weighted by atomic mass is 16.5. The molecule has 6 nitrogen and oxygen atoms in total. The van der Waals surface area contributed by atoms with Gasteiger partial charge in [-0.25, -0.2) is 4.68 Å². The van der Waals surface area contributed by atoms with Crippen LogP contribution in [0.1, 0.15) is 18.1 Å². The number of aromatic nitrogens is 2. The van der Waals surface area contributed by atoms with E-state index in [1.165, 1.54) is 10.7 Å². The van der Waals surface area contributed by atoms with Crippen LogP contribution in [-0.2, 0) is 11.3 Å². The van der Waals surface area contributed by atoms with E-state index in [-0.39, 0.29) is 24.6 Å². The summed E-state index contributed by atoms with van der Waals surface area (Å²) in [7, 11) is 0. The van der Waals surface area contributed by atoms with Gasteiger partial charge < -0.3 is 10.1 Å². The van der Waals surface area contributed by atoms with Gasteiger partial charge in [-0.2, -0.15) is 5.10 Å². The van der Waals surface area contributed by atoms with Gasteiger partial charge >= 0.3 is 0 Å². The maximum Gasteiger partial charge on any atom is 0.266 e. The summed E-state index contributed by atoms with van der Waals surface area (Å²) in [5.41, 5.74) is 3.56. The molecule has 1 amide bonds. The second-order valence-electron chi connectivity index (χ2n) is 6.90. The van der Waals surface area contributed by atoms with Gasteiger partial charge in [-0.15, -0.1) is 0 Å². The van der Waals surface area contributed by atoms with Crippen molar-refractivity contribution in [1.29, 1.82) is 0 Å². The Kier molecular flexibility index (Phi) is 6.44. The lowest BCUT2D eigenvalue weighted by atomic mass is 10.1. The van der Waals surface area contributed by atoms with Crippen molar-refractivity contribution >= 4 is 5.91 Å². The normalized spacial score (nSPS) is 11.7. The number of nitrogens with zero attached hydrogens (tertiary/aromatic N) is 2. The molecule has 0 fully saturated rings. The van der Waals surface area contributed by atoms with Crippen molar-refractivity contribution in [2.75, 3.05) is 6.54 Å². The Morgan fingerprint density at radius 1 is 1.07 bits per heavy atom. The highest BCUT2D eigenvalue weighted by Crippen LogP contribution is 2.21. The van der Waals surface area contributed by atoms with Gasteiger partial charge in [0.25, 0.3) is 11.5 Å². The second kappa shape index (κ2) is 9.19. The van der Waals surface area contributed by atoms with E-state index in [2.05, 4.69) is 10.4 Å². The van der Waals surface area contributed by atoms with Crippen LogP contribution in [0.3, 0.4) is 0 Å². The van der Waals surface area contributed by atoms with Crippen molar-refractivity contribution in [2.45, 2.75) is 33.4 Å². The van der Waals surface area contributed by atoms with E-state index in [4.69, 9.17) is 4.74 Å². The molecule has 0 radical (unpaired) electrons. The predicted octanol–water partition coefficient (Wildman–Crippen LogP) is 3.11. The SMILES string of the molecule is Cc1cccc(OC(C)C(=O)NCCn2nc(-c3ccccc3)ccc2=O)c1C. The van der Waals surface area contributed by atoms with Crippen LogP contribution < -0.4 is 15.6 Å². The first-order valence-corrected chi connectivity index (χ1v) is 9.60. The lowest BCUT2D eigenvalue weighted by molar-refractivity contribution is -0.127. The van der Waals surface area contributed by atoms with Crippen LogP contribution >= 0.6 is 0 Å². The molecule has 0 aliphatic heterocycles. The highest BCUT2D eigenvalue weighted by molar-refractivity contribution is 5.80. The molecule has 0 aliphatic carbocycles. The lowest BCUT2D eigenvalue weighted by Gasteiger charge is -2.17. The zero-order valence-electron chi connectivity index (χ0n) is 16.9. The number of ether oxygens (including phenoxy) is 1. The second-order valence-corrected chi connectivity index (χ2v) is 6.90. The quantitative estimate of drug-likeness (QED) is 0.672. The minimum absolute atomic E-state index is 0.210. The van der Waals surface area contributed by atoms with E-state index in [9.17, 15) is 9.59 Å². The summed E-state index contributed by atoms with van der Waals surface area (Å²) in [5, 5.41) is 7.20. The van der Waals surface area contributed by atoms with Gasteiger partial charge in [0, 0.05) is 18.2 Å². The van der Waals surface area contributed by atoms with Crippen LogP contribution in [0.25, 0.3) is 11.3 Å². The summed E-state index contributed by atoms with van der Waals surface area (Å²) in [4.78, 5) is 24.4. The van der Waals surface area contributed by atoms with Crippen LogP contribution in [0.4, 0.5) is 0 Å². The molecular weight excluding hydrogens is 366 g/mol. The average Bonchev–Trinajstić information content (AvgIpc) is 2.73. The topological polar surface area (TPSA) is 73.2 Å². The van der Waals surface area contributed by atoms with E-state index < -0.39 is 6.10 Å². The molecule has 1 heterocycles. The summed E-state index contributed by atoms with van der Waals surface area (Å²) in [6.45, 7) is 6.23. The largest absolute Gasteiger partial charge is 0.481 e. The number of nitrogens with one attached hydrogen (secondary N) is 1. The monoisotopic (exact) mass is 391 g/mol. The smallest absolute Gasteiger partial charge is 0.266 e. The van der Waals surface area contributed by atoms with Crippen LogP contribution in [0.5, 0.6) is 5.75 Å². The maximum atomic E-state index is 12.4. The molecule has 29 heavy (non-hydrogen) atoms. The maximum absolute atomic E-state index is 12.4. The highest BCUT2D eigenvalue weighted by Gasteiger charge is 2.15. The van der Waals surface area contributed by atoms with Gasteiger partial charge in [-0.1, -0.05) is 42.5 Å². The van der Waals surface area contributed by atoms with Crippen LogP contribution in [0.2, 0.25) is 0 Å². The Balaban J connectivity index is 1.58. The first-order chi connectivity index (χ1) is 14.0. The summed E-state index contributed by atoms with van der Waals surface area (Å²) >= 11 is 0. The van der Waals surface area contributed by atoms with E-state index >= 15 is 0 Å². The minimum atomic E-state index is -0.643. The molecule has 2 aromatic carbocycles. The van der Waals surface area contributed by atoms with E-state index in [0.717, 1.165) is 16.7 Å². The third-order valence-corrected chi connectivity index (χ3v) is 4.79. The minimum Gasteiger partial charge on any atom is -0.481 e. The molecule has 0 spiro atoms. The zero-order valence-corrected chi connectivity index (χ0v) is 16.9. The van der Waals surface area contributed by atoms with Crippen molar-refractivity contribution < 1.29 is 9.53 Å². The molecule has 1 atom stereocenters.